The fraction of sp³-hybridized carbons (Fsp3) is 0.750. The van der Waals surface area contributed by atoms with E-state index >= 15 is 0 Å². The second-order valence-electron chi connectivity index (χ2n) is 4.08. The maximum atomic E-state index is 11.7. The summed E-state index contributed by atoms with van der Waals surface area (Å²) < 4.78 is 15.7. The molecule has 0 aromatic heterocycles. The summed E-state index contributed by atoms with van der Waals surface area (Å²) in [4.78, 5) is 11.7. The van der Waals surface area contributed by atoms with Crippen molar-refractivity contribution in [2.45, 2.75) is 45.8 Å². The molecule has 92 valence electrons. The monoisotopic (exact) mass is 228 g/mol. The first-order chi connectivity index (χ1) is 7.61. The molecule has 0 aromatic carbocycles. The number of hydrogen-bond acceptors (Lipinski definition) is 4. The number of ether oxygens (including phenoxy) is 3. The van der Waals surface area contributed by atoms with Crippen molar-refractivity contribution in [3.8, 4) is 0 Å². The second-order valence-corrected chi connectivity index (χ2v) is 4.08. The number of carbonyl (C=O) groups is 1. The van der Waals surface area contributed by atoms with Gasteiger partial charge in [0.25, 0.3) is 0 Å². The third-order valence-electron chi connectivity index (χ3n) is 2.56. The van der Waals surface area contributed by atoms with Gasteiger partial charge in [0, 0.05) is 13.3 Å². The van der Waals surface area contributed by atoms with E-state index in [9.17, 15) is 4.79 Å². The lowest BCUT2D eigenvalue weighted by Crippen LogP contribution is -2.32. The Morgan fingerprint density at radius 2 is 2.00 bits per heavy atom. The van der Waals surface area contributed by atoms with Crippen LogP contribution in [0.15, 0.2) is 12.5 Å². The minimum absolute atomic E-state index is 0.158. The molecule has 0 aliphatic carbocycles. The van der Waals surface area contributed by atoms with Gasteiger partial charge < -0.3 is 14.2 Å². The van der Waals surface area contributed by atoms with Gasteiger partial charge in [0.15, 0.2) is 0 Å². The van der Waals surface area contributed by atoms with Crippen molar-refractivity contribution in [3.63, 3.8) is 0 Å². The van der Waals surface area contributed by atoms with Crippen LogP contribution in [0, 0.1) is 5.92 Å². The molecule has 0 fully saturated rings. The third kappa shape index (κ3) is 3.43. The topological polar surface area (TPSA) is 44.8 Å². The van der Waals surface area contributed by atoms with Crippen molar-refractivity contribution in [1.29, 1.82) is 0 Å². The maximum absolute atomic E-state index is 11.7. The van der Waals surface area contributed by atoms with Crippen LogP contribution in [0.5, 0.6) is 0 Å². The van der Waals surface area contributed by atoms with Gasteiger partial charge in [-0.3, -0.25) is 4.79 Å². The molecule has 4 heteroatoms. The van der Waals surface area contributed by atoms with Gasteiger partial charge in [-0.1, -0.05) is 13.3 Å². The Balaban J connectivity index is 2.53. The first kappa shape index (κ1) is 12.9. The van der Waals surface area contributed by atoms with Crippen LogP contribution in [-0.4, -0.2) is 18.4 Å². The van der Waals surface area contributed by atoms with Gasteiger partial charge in [-0.25, -0.2) is 0 Å². The number of carbonyl (C=O) groups excluding carboxylic acids is 1. The molecule has 16 heavy (non-hydrogen) atoms. The highest BCUT2D eigenvalue weighted by Gasteiger charge is 2.36. The van der Waals surface area contributed by atoms with E-state index in [1.54, 1.807) is 0 Å². The van der Waals surface area contributed by atoms with Crippen molar-refractivity contribution in [1.82, 2.24) is 0 Å². The van der Waals surface area contributed by atoms with Gasteiger partial charge in [-0.15, -0.1) is 0 Å². The normalized spacial score (nSPS) is 18.7. The fourth-order valence-corrected chi connectivity index (χ4v) is 1.83. The highest BCUT2D eigenvalue weighted by Crippen LogP contribution is 2.30. The Kier molecular flexibility index (Phi) is 4.65. The molecular formula is C12H20O4. The van der Waals surface area contributed by atoms with Gasteiger partial charge in [0.2, 0.25) is 5.79 Å². The minimum Gasteiger partial charge on any atom is -0.466 e. The van der Waals surface area contributed by atoms with Gasteiger partial charge in [-0.2, -0.15) is 0 Å². The maximum Gasteiger partial charge on any atom is 0.309 e. The van der Waals surface area contributed by atoms with E-state index in [1.165, 1.54) is 12.5 Å². The predicted molar refractivity (Wildman–Crippen MR) is 59.4 cm³/mol. The molecule has 1 aliphatic heterocycles. The SMILES string of the molecule is CCCC(CC1(C)OC=CO1)C(=O)OCC. The lowest BCUT2D eigenvalue weighted by Gasteiger charge is -2.26. The summed E-state index contributed by atoms with van der Waals surface area (Å²) in [6, 6.07) is 0. The van der Waals surface area contributed by atoms with E-state index in [2.05, 4.69) is 0 Å². The van der Waals surface area contributed by atoms with Gasteiger partial charge in [0.05, 0.1) is 12.5 Å². The van der Waals surface area contributed by atoms with Crippen molar-refractivity contribution >= 4 is 5.97 Å². The Hall–Kier alpha value is -1.19. The summed E-state index contributed by atoms with van der Waals surface area (Å²) >= 11 is 0. The van der Waals surface area contributed by atoms with Crippen molar-refractivity contribution in [3.05, 3.63) is 12.5 Å². The molecule has 0 aromatic rings. The van der Waals surface area contributed by atoms with Crippen molar-refractivity contribution in [2.75, 3.05) is 6.61 Å². The third-order valence-corrected chi connectivity index (χ3v) is 2.56. The molecule has 1 rings (SSSR count). The van der Waals surface area contributed by atoms with Crippen molar-refractivity contribution in [2.24, 2.45) is 5.92 Å². The van der Waals surface area contributed by atoms with Crippen LogP contribution >= 0.6 is 0 Å². The van der Waals surface area contributed by atoms with E-state index in [4.69, 9.17) is 14.2 Å². The Morgan fingerprint density at radius 3 is 2.50 bits per heavy atom. The van der Waals surface area contributed by atoms with Crippen LogP contribution in [0.1, 0.15) is 40.0 Å². The molecule has 1 unspecified atom stereocenters. The molecule has 0 spiro atoms. The van der Waals surface area contributed by atoms with Crippen molar-refractivity contribution < 1.29 is 19.0 Å². The van der Waals surface area contributed by atoms with E-state index < -0.39 is 5.79 Å². The van der Waals surface area contributed by atoms with Crippen LogP contribution in [0.25, 0.3) is 0 Å². The van der Waals surface area contributed by atoms with Gasteiger partial charge in [-0.05, 0) is 13.3 Å². The molecule has 0 saturated heterocycles. The van der Waals surface area contributed by atoms with Gasteiger partial charge in [0.1, 0.15) is 12.5 Å². The van der Waals surface area contributed by atoms with E-state index in [1.807, 2.05) is 20.8 Å². The average molecular weight is 228 g/mol. The zero-order valence-corrected chi connectivity index (χ0v) is 10.2. The average Bonchev–Trinajstić information content (AvgIpc) is 2.65. The molecule has 1 heterocycles. The molecule has 0 bridgehead atoms. The largest absolute Gasteiger partial charge is 0.466 e. The minimum atomic E-state index is -0.716. The first-order valence-corrected chi connectivity index (χ1v) is 5.78. The molecule has 0 radical (unpaired) electrons. The molecule has 0 saturated carbocycles. The summed E-state index contributed by atoms with van der Waals surface area (Å²) in [6.07, 6.45) is 5.27. The number of hydrogen-bond donors (Lipinski definition) is 0. The molecule has 1 atom stereocenters. The van der Waals surface area contributed by atoms with Gasteiger partial charge >= 0.3 is 5.97 Å². The Labute approximate surface area is 96.6 Å². The zero-order valence-electron chi connectivity index (χ0n) is 10.2. The lowest BCUT2D eigenvalue weighted by atomic mass is 9.95. The number of rotatable bonds is 6. The molecule has 1 aliphatic rings. The van der Waals surface area contributed by atoms with Crippen LogP contribution in [0.4, 0.5) is 0 Å². The van der Waals surface area contributed by atoms with Crippen LogP contribution in [-0.2, 0) is 19.0 Å². The standard InChI is InChI=1S/C12H20O4/c1-4-6-10(11(13)14-5-2)9-12(3)15-7-8-16-12/h7-8,10H,4-6,9H2,1-3H3. The molecular weight excluding hydrogens is 208 g/mol. The highest BCUT2D eigenvalue weighted by molar-refractivity contribution is 5.72. The Bertz CT molecular complexity index is 252. The highest BCUT2D eigenvalue weighted by atomic mass is 16.7. The molecule has 4 nitrogen and oxygen atoms in total. The zero-order chi connectivity index (χ0) is 12.0. The number of esters is 1. The fourth-order valence-electron chi connectivity index (χ4n) is 1.83. The molecule has 0 amide bonds. The Morgan fingerprint density at radius 1 is 1.38 bits per heavy atom. The summed E-state index contributed by atoms with van der Waals surface area (Å²) in [5.41, 5.74) is 0. The summed E-state index contributed by atoms with van der Waals surface area (Å²) in [7, 11) is 0. The quantitative estimate of drug-likeness (QED) is 0.655. The van der Waals surface area contributed by atoms with E-state index in [-0.39, 0.29) is 11.9 Å². The first-order valence-electron chi connectivity index (χ1n) is 5.78. The second kappa shape index (κ2) is 5.77. The van der Waals surface area contributed by atoms with E-state index in [0.29, 0.717) is 13.0 Å². The van der Waals surface area contributed by atoms with Crippen LogP contribution in [0.2, 0.25) is 0 Å². The smallest absolute Gasteiger partial charge is 0.309 e. The summed E-state index contributed by atoms with van der Waals surface area (Å²) in [5.74, 6) is -1.04. The lowest BCUT2D eigenvalue weighted by molar-refractivity contribution is -0.165. The summed E-state index contributed by atoms with van der Waals surface area (Å²) in [5, 5.41) is 0. The van der Waals surface area contributed by atoms with Crippen LogP contribution in [0.3, 0.4) is 0 Å². The predicted octanol–water partition coefficient (Wildman–Crippen LogP) is 2.59. The van der Waals surface area contributed by atoms with E-state index in [0.717, 1.165) is 12.8 Å². The van der Waals surface area contributed by atoms with Crippen LogP contribution < -0.4 is 0 Å². The molecule has 0 N–H and O–H groups in total. The summed E-state index contributed by atoms with van der Waals surface area (Å²) in [6.45, 7) is 6.10.